The normalized spacial score (nSPS) is 19.7. The van der Waals surface area contributed by atoms with Crippen molar-refractivity contribution >= 4 is 5.91 Å². The lowest BCUT2D eigenvalue weighted by atomic mass is 9.83. The Labute approximate surface area is 122 Å². The minimum absolute atomic E-state index is 0.0160. The van der Waals surface area contributed by atoms with Gasteiger partial charge in [0, 0.05) is 25.2 Å². The molecule has 2 rings (SSSR count). The molecule has 0 spiro atoms. The number of carbonyl (C=O) groups excluding carboxylic acids is 1. The molecular weight excluding hydrogens is 248 g/mol. The van der Waals surface area contributed by atoms with Crippen molar-refractivity contribution in [3.63, 3.8) is 0 Å². The molecule has 1 heterocycles. The number of likely N-dealkylation sites (N-methyl/N-ethyl adjacent to an activating group) is 1. The molecule has 0 saturated carbocycles. The minimum atomic E-state index is -0.0160. The third-order valence-corrected chi connectivity index (χ3v) is 4.10. The highest BCUT2D eigenvalue weighted by molar-refractivity contribution is 5.96. The van der Waals surface area contributed by atoms with Gasteiger partial charge in [-0.25, -0.2) is 0 Å². The second-order valence-electron chi connectivity index (χ2n) is 6.71. The summed E-state index contributed by atoms with van der Waals surface area (Å²) in [5.41, 5.74) is 1.95. The molecule has 0 aromatic heterocycles. The van der Waals surface area contributed by atoms with Gasteiger partial charge < -0.3 is 10.2 Å². The second-order valence-corrected chi connectivity index (χ2v) is 6.71. The number of carbonyl (C=O) groups is 1. The summed E-state index contributed by atoms with van der Waals surface area (Å²) in [5, 5.41) is 3.37. The van der Waals surface area contributed by atoms with Crippen molar-refractivity contribution in [1.82, 2.24) is 10.2 Å². The zero-order chi connectivity index (χ0) is 14.8. The molecule has 1 aromatic carbocycles. The summed E-state index contributed by atoms with van der Waals surface area (Å²) in [6.45, 7) is 8.43. The van der Waals surface area contributed by atoms with Gasteiger partial charge in [0.05, 0.1) is 0 Å². The van der Waals surface area contributed by atoms with Gasteiger partial charge in [-0.3, -0.25) is 4.79 Å². The summed E-state index contributed by atoms with van der Waals surface area (Å²) in [6.07, 6.45) is 2.23. The SMILES string of the molecule is CN(C(=O)c1ccccc1C(C)(C)C)C1CCCNC1. The van der Waals surface area contributed by atoms with E-state index in [9.17, 15) is 4.79 Å². The molecule has 3 heteroatoms. The molecule has 1 aromatic rings. The van der Waals surface area contributed by atoms with Gasteiger partial charge in [-0.15, -0.1) is 0 Å². The average molecular weight is 274 g/mol. The highest BCUT2D eigenvalue weighted by Gasteiger charge is 2.27. The molecule has 1 N–H and O–H groups in total. The molecule has 1 amide bonds. The number of nitrogens with one attached hydrogen (secondary N) is 1. The lowest BCUT2D eigenvalue weighted by molar-refractivity contribution is 0.0706. The molecule has 110 valence electrons. The maximum atomic E-state index is 12.8. The molecule has 1 aliphatic rings. The van der Waals surface area contributed by atoms with Crippen LogP contribution in [0.1, 0.15) is 49.5 Å². The fourth-order valence-corrected chi connectivity index (χ4v) is 2.84. The molecule has 1 fully saturated rings. The van der Waals surface area contributed by atoms with Crippen LogP contribution in [-0.2, 0) is 5.41 Å². The number of amides is 1. The van der Waals surface area contributed by atoms with Gasteiger partial charge in [-0.05, 0) is 36.4 Å². The van der Waals surface area contributed by atoms with E-state index >= 15 is 0 Å². The van der Waals surface area contributed by atoms with Crippen molar-refractivity contribution < 1.29 is 4.79 Å². The molecule has 3 nitrogen and oxygen atoms in total. The minimum Gasteiger partial charge on any atom is -0.337 e. The molecule has 1 saturated heterocycles. The zero-order valence-electron chi connectivity index (χ0n) is 13.1. The van der Waals surface area contributed by atoms with Crippen LogP contribution in [0.4, 0.5) is 0 Å². The predicted octanol–water partition coefficient (Wildman–Crippen LogP) is 2.81. The van der Waals surface area contributed by atoms with Gasteiger partial charge in [0.1, 0.15) is 0 Å². The average Bonchev–Trinajstić information content (AvgIpc) is 2.46. The molecule has 0 radical (unpaired) electrons. The Morgan fingerprint density at radius 3 is 2.60 bits per heavy atom. The summed E-state index contributed by atoms with van der Waals surface area (Å²) >= 11 is 0. The quantitative estimate of drug-likeness (QED) is 0.899. The van der Waals surface area contributed by atoms with E-state index in [2.05, 4.69) is 32.2 Å². The van der Waals surface area contributed by atoms with Crippen molar-refractivity contribution in [2.75, 3.05) is 20.1 Å². The van der Waals surface area contributed by atoms with Crippen LogP contribution >= 0.6 is 0 Å². The van der Waals surface area contributed by atoms with Crippen LogP contribution in [0, 0.1) is 0 Å². The molecule has 0 bridgehead atoms. The highest BCUT2D eigenvalue weighted by atomic mass is 16.2. The van der Waals surface area contributed by atoms with Gasteiger partial charge >= 0.3 is 0 Å². The molecule has 20 heavy (non-hydrogen) atoms. The number of hydrogen-bond acceptors (Lipinski definition) is 2. The summed E-state index contributed by atoms with van der Waals surface area (Å²) < 4.78 is 0. The van der Waals surface area contributed by atoms with Gasteiger partial charge in [-0.1, -0.05) is 39.0 Å². The van der Waals surface area contributed by atoms with E-state index in [0.29, 0.717) is 6.04 Å². The van der Waals surface area contributed by atoms with Gasteiger partial charge in [0.25, 0.3) is 5.91 Å². The molecule has 1 unspecified atom stereocenters. The smallest absolute Gasteiger partial charge is 0.254 e. The lowest BCUT2D eigenvalue weighted by Gasteiger charge is -2.33. The number of rotatable bonds is 2. The van der Waals surface area contributed by atoms with E-state index in [0.717, 1.165) is 37.1 Å². The Morgan fingerprint density at radius 2 is 2.00 bits per heavy atom. The first kappa shape index (κ1) is 15.0. The highest BCUT2D eigenvalue weighted by Crippen LogP contribution is 2.27. The Bertz CT molecular complexity index is 470. The third-order valence-electron chi connectivity index (χ3n) is 4.10. The van der Waals surface area contributed by atoms with Gasteiger partial charge in [0.15, 0.2) is 0 Å². The van der Waals surface area contributed by atoms with E-state index in [1.54, 1.807) is 0 Å². The lowest BCUT2D eigenvalue weighted by Crippen LogP contribution is -2.47. The van der Waals surface area contributed by atoms with Crippen molar-refractivity contribution in [1.29, 1.82) is 0 Å². The first-order chi connectivity index (χ1) is 9.41. The van der Waals surface area contributed by atoms with Crippen LogP contribution < -0.4 is 5.32 Å². The molecule has 1 aliphatic heterocycles. The van der Waals surface area contributed by atoms with E-state index in [4.69, 9.17) is 0 Å². The van der Waals surface area contributed by atoms with E-state index in [1.165, 1.54) is 0 Å². The fourth-order valence-electron chi connectivity index (χ4n) is 2.84. The second kappa shape index (κ2) is 5.96. The van der Waals surface area contributed by atoms with Crippen LogP contribution in [0.2, 0.25) is 0 Å². The molecular formula is C17H26N2O. The van der Waals surface area contributed by atoms with E-state index < -0.39 is 0 Å². The Balaban J connectivity index is 2.24. The summed E-state index contributed by atoms with van der Waals surface area (Å²) in [5.74, 6) is 0.143. The maximum absolute atomic E-state index is 12.8. The number of piperidine rings is 1. The standard InChI is InChI=1S/C17H26N2O/c1-17(2,3)15-10-6-5-9-14(15)16(20)19(4)13-8-7-11-18-12-13/h5-6,9-10,13,18H,7-8,11-12H2,1-4H3. The van der Waals surface area contributed by atoms with E-state index in [1.807, 2.05) is 30.1 Å². The van der Waals surface area contributed by atoms with Crippen molar-refractivity contribution in [2.24, 2.45) is 0 Å². The fraction of sp³-hybridized carbons (Fsp3) is 0.588. The number of benzene rings is 1. The largest absolute Gasteiger partial charge is 0.337 e. The Kier molecular flexibility index (Phi) is 4.48. The van der Waals surface area contributed by atoms with Gasteiger partial charge in [0.2, 0.25) is 0 Å². The summed E-state index contributed by atoms with van der Waals surface area (Å²) in [6, 6.07) is 8.30. The van der Waals surface area contributed by atoms with Crippen molar-refractivity contribution in [2.45, 2.75) is 45.1 Å². The first-order valence-electron chi connectivity index (χ1n) is 7.48. The first-order valence-corrected chi connectivity index (χ1v) is 7.48. The molecule has 0 aliphatic carbocycles. The van der Waals surface area contributed by atoms with Crippen LogP contribution in [0.15, 0.2) is 24.3 Å². The number of hydrogen-bond donors (Lipinski definition) is 1. The zero-order valence-corrected chi connectivity index (χ0v) is 13.1. The van der Waals surface area contributed by atoms with Crippen molar-refractivity contribution in [3.8, 4) is 0 Å². The Morgan fingerprint density at radius 1 is 1.30 bits per heavy atom. The van der Waals surface area contributed by atoms with E-state index in [-0.39, 0.29) is 11.3 Å². The van der Waals surface area contributed by atoms with Gasteiger partial charge in [-0.2, -0.15) is 0 Å². The van der Waals surface area contributed by atoms with Crippen LogP contribution in [0.3, 0.4) is 0 Å². The third kappa shape index (κ3) is 3.21. The van der Waals surface area contributed by atoms with Crippen LogP contribution in [0.25, 0.3) is 0 Å². The monoisotopic (exact) mass is 274 g/mol. The Hall–Kier alpha value is -1.35. The summed E-state index contributed by atoms with van der Waals surface area (Å²) in [4.78, 5) is 14.7. The van der Waals surface area contributed by atoms with Crippen LogP contribution in [-0.4, -0.2) is 37.0 Å². The maximum Gasteiger partial charge on any atom is 0.254 e. The molecule has 1 atom stereocenters. The number of nitrogens with zero attached hydrogens (tertiary/aromatic N) is 1. The topological polar surface area (TPSA) is 32.3 Å². The van der Waals surface area contributed by atoms with Crippen LogP contribution in [0.5, 0.6) is 0 Å². The summed E-state index contributed by atoms with van der Waals surface area (Å²) in [7, 11) is 1.93. The predicted molar refractivity (Wildman–Crippen MR) is 83.1 cm³/mol. The van der Waals surface area contributed by atoms with Crippen molar-refractivity contribution in [3.05, 3.63) is 35.4 Å².